The van der Waals surface area contributed by atoms with Crippen molar-refractivity contribution in [2.45, 2.75) is 51.5 Å². The Bertz CT molecular complexity index is 1570. The van der Waals surface area contributed by atoms with Gasteiger partial charge in [-0.25, -0.2) is 4.98 Å². The maximum Gasteiger partial charge on any atom is 0.373 e. The van der Waals surface area contributed by atoms with Crippen molar-refractivity contribution < 1.29 is 33.4 Å². The SMILES string of the molecule is COc1cc2c(cc1OCCCC(=O)Nc1cn(C)c(C(=O)Cc3ccc(C)cc3)n1)N=C[C@@H]1CCCCN1C2=O.O=C=O. The Morgan fingerprint density at radius 2 is 1.86 bits per heavy atom. The maximum atomic E-state index is 13.2. The standard InChI is InChI=1S/C31H35N5O5.CO2/c1-20-9-11-21(12-10-20)15-25(37)30-34-28(19-35(30)2)33-29(38)8-6-14-41-27-17-24-23(16-26(27)40-3)31(39)36-13-5-4-7-22(36)18-32-24;2-1-3/h9-12,16-19,22H,4-8,13-15H2,1-3H3,(H,33,38);/t22-;/m0./s1. The van der Waals surface area contributed by atoms with Gasteiger partial charge in [0.15, 0.2) is 23.1 Å². The van der Waals surface area contributed by atoms with Crippen molar-refractivity contribution in [1.82, 2.24) is 14.5 Å². The fourth-order valence-electron chi connectivity index (χ4n) is 5.16. The van der Waals surface area contributed by atoms with Crippen LogP contribution < -0.4 is 14.8 Å². The molecule has 1 atom stereocenters. The van der Waals surface area contributed by atoms with Crippen LogP contribution in [0.25, 0.3) is 0 Å². The number of hydrogen-bond acceptors (Lipinski definition) is 9. The smallest absolute Gasteiger partial charge is 0.373 e. The Morgan fingerprint density at radius 3 is 2.59 bits per heavy atom. The van der Waals surface area contributed by atoms with Crippen molar-refractivity contribution in [3.8, 4) is 11.5 Å². The molecule has 2 aromatic carbocycles. The van der Waals surface area contributed by atoms with Gasteiger partial charge in [-0.2, -0.15) is 9.59 Å². The number of benzene rings is 2. The first kappa shape index (κ1) is 31.8. The molecule has 3 aromatic rings. The van der Waals surface area contributed by atoms with E-state index < -0.39 is 0 Å². The van der Waals surface area contributed by atoms with E-state index in [-0.39, 0.29) is 55.1 Å². The summed E-state index contributed by atoms with van der Waals surface area (Å²) in [5.74, 6) is 1.14. The first-order valence-electron chi connectivity index (χ1n) is 14.3. The highest BCUT2D eigenvalue weighted by molar-refractivity contribution is 6.03. The van der Waals surface area contributed by atoms with Crippen LogP contribution in [0.15, 0.2) is 47.6 Å². The third kappa shape index (κ3) is 7.84. The first-order valence-corrected chi connectivity index (χ1v) is 14.3. The molecule has 3 heterocycles. The van der Waals surface area contributed by atoms with Gasteiger partial charge < -0.3 is 24.3 Å². The number of amides is 2. The van der Waals surface area contributed by atoms with Gasteiger partial charge in [0.25, 0.3) is 5.91 Å². The van der Waals surface area contributed by atoms with Gasteiger partial charge in [0, 0.05) is 44.9 Å². The number of hydrogen-bond donors (Lipinski definition) is 1. The second-order valence-electron chi connectivity index (χ2n) is 10.6. The predicted octanol–water partition coefficient (Wildman–Crippen LogP) is 4.09. The summed E-state index contributed by atoms with van der Waals surface area (Å²) in [6.07, 6.45) is 7.59. The van der Waals surface area contributed by atoms with Gasteiger partial charge in [-0.1, -0.05) is 29.8 Å². The van der Waals surface area contributed by atoms with Crippen molar-refractivity contribution in [3.63, 3.8) is 0 Å². The molecule has 1 N–H and O–H groups in total. The van der Waals surface area contributed by atoms with E-state index in [2.05, 4.69) is 15.3 Å². The third-order valence-corrected chi connectivity index (χ3v) is 7.39. The van der Waals surface area contributed by atoms with Crippen molar-refractivity contribution in [3.05, 3.63) is 65.1 Å². The molecule has 230 valence electrons. The van der Waals surface area contributed by atoms with Gasteiger partial charge in [0.1, 0.15) is 0 Å². The number of nitrogens with one attached hydrogen (secondary N) is 1. The number of rotatable bonds is 10. The van der Waals surface area contributed by atoms with E-state index in [1.165, 1.54) is 7.11 Å². The number of imidazole rings is 1. The number of anilines is 1. The van der Waals surface area contributed by atoms with Crippen LogP contribution in [0.4, 0.5) is 11.5 Å². The largest absolute Gasteiger partial charge is 0.493 e. The van der Waals surface area contributed by atoms with Crippen LogP contribution >= 0.6 is 0 Å². The molecule has 0 bridgehead atoms. The molecule has 44 heavy (non-hydrogen) atoms. The lowest BCUT2D eigenvalue weighted by molar-refractivity contribution is -0.191. The summed E-state index contributed by atoms with van der Waals surface area (Å²) in [5, 5.41) is 2.76. The van der Waals surface area contributed by atoms with E-state index in [0.29, 0.717) is 35.0 Å². The number of methoxy groups -OCH3 is 1. The monoisotopic (exact) mass is 601 g/mol. The Hall–Kier alpha value is -5.09. The number of piperidine rings is 1. The summed E-state index contributed by atoms with van der Waals surface area (Å²) in [6, 6.07) is 11.2. The van der Waals surface area contributed by atoms with Gasteiger partial charge in [-0.05, 0) is 44.2 Å². The number of carbonyl (C=O) groups is 3. The number of ether oxygens (including phenoxy) is 2. The number of ketones is 1. The highest BCUT2D eigenvalue weighted by atomic mass is 16.5. The summed E-state index contributed by atoms with van der Waals surface area (Å²) in [5.41, 5.74) is 3.10. The lowest BCUT2D eigenvalue weighted by atomic mass is 10.0. The van der Waals surface area contributed by atoms with E-state index >= 15 is 0 Å². The Labute approximate surface area is 255 Å². The van der Waals surface area contributed by atoms with Crippen molar-refractivity contribution in [1.29, 1.82) is 0 Å². The zero-order valence-corrected chi connectivity index (χ0v) is 25.0. The summed E-state index contributed by atoms with van der Waals surface area (Å²) in [6.45, 7) is 2.98. The van der Waals surface area contributed by atoms with Crippen LogP contribution in [-0.4, -0.2) is 70.7 Å². The highest BCUT2D eigenvalue weighted by Gasteiger charge is 2.31. The Balaban J connectivity index is 0.00000141. The van der Waals surface area contributed by atoms with Crippen molar-refractivity contribution >= 4 is 41.5 Å². The van der Waals surface area contributed by atoms with Crippen molar-refractivity contribution in [2.75, 3.05) is 25.6 Å². The predicted molar refractivity (Wildman–Crippen MR) is 161 cm³/mol. The number of aryl methyl sites for hydroxylation is 2. The van der Waals surface area contributed by atoms with Crippen LogP contribution in [0.5, 0.6) is 11.5 Å². The molecule has 1 saturated heterocycles. The van der Waals surface area contributed by atoms with E-state index in [4.69, 9.17) is 19.1 Å². The van der Waals surface area contributed by atoms with Gasteiger partial charge in [0.05, 0.1) is 31.0 Å². The second kappa shape index (κ2) is 14.9. The molecule has 2 aliphatic rings. The quantitative estimate of drug-likeness (QED) is 0.270. The molecule has 0 saturated carbocycles. The summed E-state index contributed by atoms with van der Waals surface area (Å²) < 4.78 is 13.1. The molecule has 1 aromatic heterocycles. The molecule has 0 spiro atoms. The zero-order chi connectivity index (χ0) is 31.6. The Morgan fingerprint density at radius 1 is 1.11 bits per heavy atom. The molecule has 5 rings (SSSR count). The van der Waals surface area contributed by atoms with E-state index in [9.17, 15) is 14.4 Å². The summed E-state index contributed by atoms with van der Waals surface area (Å²) >= 11 is 0. The molecular formula is C32H35N5O7. The maximum absolute atomic E-state index is 13.2. The molecule has 1 fully saturated rings. The van der Waals surface area contributed by atoms with Crippen LogP contribution in [-0.2, 0) is 27.9 Å². The van der Waals surface area contributed by atoms with Gasteiger partial charge >= 0.3 is 6.15 Å². The van der Waals surface area contributed by atoms with Crippen LogP contribution in [0.3, 0.4) is 0 Å². The van der Waals surface area contributed by atoms with Crippen molar-refractivity contribution in [2.24, 2.45) is 12.0 Å². The minimum Gasteiger partial charge on any atom is -0.493 e. The number of Topliss-reactive ketones (excluding diaryl/α,β-unsaturated/α-hetero) is 1. The lowest BCUT2D eigenvalue weighted by Crippen LogP contribution is -2.43. The van der Waals surface area contributed by atoms with E-state index in [1.807, 2.05) is 42.3 Å². The van der Waals surface area contributed by atoms with E-state index in [1.54, 1.807) is 29.9 Å². The zero-order valence-electron chi connectivity index (χ0n) is 25.0. The number of fused-ring (bicyclic) bond motifs is 2. The average Bonchev–Trinajstić information content (AvgIpc) is 3.32. The molecule has 0 radical (unpaired) electrons. The third-order valence-electron chi connectivity index (χ3n) is 7.39. The molecule has 2 aliphatic heterocycles. The summed E-state index contributed by atoms with van der Waals surface area (Å²) in [4.78, 5) is 65.5. The minimum atomic E-state index is -0.232. The highest BCUT2D eigenvalue weighted by Crippen LogP contribution is 2.38. The fourth-order valence-corrected chi connectivity index (χ4v) is 5.16. The van der Waals surface area contributed by atoms with Crippen LogP contribution in [0, 0.1) is 6.92 Å². The normalized spacial score (nSPS) is 15.1. The molecule has 2 amide bonds. The lowest BCUT2D eigenvalue weighted by Gasteiger charge is -2.32. The second-order valence-corrected chi connectivity index (χ2v) is 10.6. The Kier molecular flexibility index (Phi) is 10.8. The number of nitrogens with zero attached hydrogens (tertiary/aromatic N) is 4. The number of aliphatic imine (C=N–C) groups is 1. The fraction of sp³-hybridized carbons (Fsp3) is 0.375. The van der Waals surface area contributed by atoms with E-state index in [0.717, 1.165) is 36.9 Å². The molecule has 0 aliphatic carbocycles. The van der Waals surface area contributed by atoms with Gasteiger partial charge in [0.2, 0.25) is 11.7 Å². The topological polar surface area (TPSA) is 149 Å². The first-order chi connectivity index (χ1) is 21.2. The number of aromatic nitrogens is 2. The number of carbonyl (C=O) groups excluding carboxylic acids is 5. The average molecular weight is 602 g/mol. The van der Waals surface area contributed by atoms with Crippen LogP contribution in [0.1, 0.15) is 64.2 Å². The van der Waals surface area contributed by atoms with Crippen LogP contribution in [0.2, 0.25) is 0 Å². The molecule has 0 unspecified atom stereocenters. The molecular weight excluding hydrogens is 566 g/mol. The minimum absolute atomic E-state index is 0.0130. The molecule has 12 heteroatoms. The van der Waals surface area contributed by atoms with Gasteiger partial charge in [-0.15, -0.1) is 0 Å². The molecule has 12 nitrogen and oxygen atoms in total. The van der Waals surface area contributed by atoms with Gasteiger partial charge in [-0.3, -0.25) is 19.4 Å². The summed E-state index contributed by atoms with van der Waals surface area (Å²) in [7, 11) is 3.26.